The Morgan fingerprint density at radius 3 is 2.63 bits per heavy atom. The van der Waals surface area contributed by atoms with Crippen molar-refractivity contribution in [1.29, 1.82) is 0 Å². The van der Waals surface area contributed by atoms with E-state index in [9.17, 15) is 0 Å². The highest BCUT2D eigenvalue weighted by Crippen LogP contribution is 2.28. The number of para-hydroxylation sites is 1. The third-order valence-electron chi connectivity index (χ3n) is 4.37. The minimum absolute atomic E-state index is 0.148. The maximum atomic E-state index is 9.03. The van der Waals surface area contributed by atoms with Gasteiger partial charge < -0.3 is 15.2 Å². The number of aliphatic hydroxyl groups is 1. The average Bonchev–Trinajstić information content (AvgIpc) is 3.11. The molecular formula is C21H20N4O2. The lowest BCUT2D eigenvalue weighted by Gasteiger charge is -2.09. The van der Waals surface area contributed by atoms with E-state index in [1.54, 1.807) is 17.8 Å². The first kappa shape index (κ1) is 17.1. The smallest absolute Gasteiger partial charge is 0.155 e. The molecule has 0 amide bonds. The number of aliphatic hydroxyl groups excluding tert-OH is 1. The minimum Gasteiger partial charge on any atom is -0.496 e. The molecule has 0 aliphatic heterocycles. The molecule has 136 valence electrons. The summed E-state index contributed by atoms with van der Waals surface area (Å²) in [5, 5.41) is 17.1. The number of ether oxygens (including phenoxy) is 1. The Morgan fingerprint density at radius 1 is 1.04 bits per heavy atom. The van der Waals surface area contributed by atoms with Crippen LogP contribution in [0.2, 0.25) is 0 Å². The Morgan fingerprint density at radius 2 is 1.85 bits per heavy atom. The van der Waals surface area contributed by atoms with Gasteiger partial charge in [0.25, 0.3) is 0 Å². The van der Waals surface area contributed by atoms with Crippen LogP contribution in [-0.4, -0.2) is 33.4 Å². The Kier molecular flexibility index (Phi) is 4.72. The second-order valence-corrected chi connectivity index (χ2v) is 6.13. The highest BCUT2D eigenvalue weighted by atomic mass is 16.5. The number of nitrogens with one attached hydrogen (secondary N) is 1. The van der Waals surface area contributed by atoms with Crippen LogP contribution >= 0.6 is 0 Å². The van der Waals surface area contributed by atoms with Crippen LogP contribution in [0.1, 0.15) is 5.56 Å². The summed E-state index contributed by atoms with van der Waals surface area (Å²) in [5.74, 6) is 1.55. The van der Waals surface area contributed by atoms with Gasteiger partial charge in [0, 0.05) is 17.9 Å². The van der Waals surface area contributed by atoms with Gasteiger partial charge in [-0.15, -0.1) is 0 Å². The van der Waals surface area contributed by atoms with Crippen LogP contribution in [0.3, 0.4) is 0 Å². The summed E-state index contributed by atoms with van der Waals surface area (Å²) in [6.45, 7) is 0.148. The number of benzene rings is 2. The first-order valence-corrected chi connectivity index (χ1v) is 8.73. The Labute approximate surface area is 157 Å². The molecule has 0 radical (unpaired) electrons. The van der Waals surface area contributed by atoms with Crippen LogP contribution in [0.4, 0.5) is 11.5 Å². The molecule has 2 heterocycles. The van der Waals surface area contributed by atoms with Gasteiger partial charge in [-0.25, -0.2) is 4.98 Å². The van der Waals surface area contributed by atoms with Crippen molar-refractivity contribution in [1.82, 2.24) is 14.6 Å². The van der Waals surface area contributed by atoms with Gasteiger partial charge in [-0.2, -0.15) is 9.61 Å². The largest absolute Gasteiger partial charge is 0.496 e. The van der Waals surface area contributed by atoms with E-state index in [1.165, 1.54) is 0 Å². The third kappa shape index (κ3) is 3.47. The molecule has 27 heavy (non-hydrogen) atoms. The van der Waals surface area contributed by atoms with E-state index in [-0.39, 0.29) is 6.61 Å². The molecule has 6 nitrogen and oxygen atoms in total. The first-order chi connectivity index (χ1) is 13.3. The molecule has 0 aliphatic rings. The SMILES string of the molecule is COc1ccccc1-c1ccc2ncc(Nc3ccc(CCO)cc3)n2n1. The normalized spacial score (nSPS) is 10.9. The number of nitrogens with zero attached hydrogens (tertiary/aromatic N) is 3. The topological polar surface area (TPSA) is 71.7 Å². The van der Waals surface area contributed by atoms with Crippen LogP contribution in [0.15, 0.2) is 66.9 Å². The van der Waals surface area contributed by atoms with E-state index in [0.717, 1.165) is 39.7 Å². The Bertz CT molecular complexity index is 1060. The second-order valence-electron chi connectivity index (χ2n) is 6.13. The van der Waals surface area contributed by atoms with E-state index in [2.05, 4.69) is 10.3 Å². The van der Waals surface area contributed by atoms with E-state index in [0.29, 0.717) is 6.42 Å². The molecule has 0 bridgehead atoms. The van der Waals surface area contributed by atoms with Gasteiger partial charge in [-0.3, -0.25) is 0 Å². The van der Waals surface area contributed by atoms with Crippen molar-refractivity contribution in [2.75, 3.05) is 19.0 Å². The molecule has 0 aliphatic carbocycles. The van der Waals surface area contributed by atoms with Crippen molar-refractivity contribution in [3.63, 3.8) is 0 Å². The summed E-state index contributed by atoms with van der Waals surface area (Å²) in [4.78, 5) is 4.41. The maximum Gasteiger partial charge on any atom is 0.155 e. The molecule has 2 aromatic carbocycles. The maximum absolute atomic E-state index is 9.03. The fraction of sp³-hybridized carbons (Fsp3) is 0.143. The molecule has 2 aromatic heterocycles. The molecule has 0 saturated carbocycles. The molecule has 0 spiro atoms. The number of fused-ring (bicyclic) bond motifs is 1. The molecule has 0 saturated heterocycles. The predicted molar refractivity (Wildman–Crippen MR) is 105 cm³/mol. The van der Waals surface area contributed by atoms with Crippen molar-refractivity contribution in [3.8, 4) is 17.0 Å². The third-order valence-corrected chi connectivity index (χ3v) is 4.37. The van der Waals surface area contributed by atoms with Crippen LogP contribution in [0.5, 0.6) is 5.75 Å². The number of aromatic nitrogens is 3. The molecule has 2 N–H and O–H groups in total. The lowest BCUT2D eigenvalue weighted by atomic mass is 10.1. The monoisotopic (exact) mass is 360 g/mol. The zero-order valence-electron chi connectivity index (χ0n) is 15.0. The van der Waals surface area contributed by atoms with Gasteiger partial charge in [0.15, 0.2) is 11.5 Å². The van der Waals surface area contributed by atoms with E-state index < -0.39 is 0 Å². The molecule has 0 fully saturated rings. The lowest BCUT2D eigenvalue weighted by Crippen LogP contribution is -2.01. The predicted octanol–water partition coefficient (Wildman–Crippen LogP) is 3.68. The minimum atomic E-state index is 0.148. The number of hydrogen-bond donors (Lipinski definition) is 2. The Hall–Kier alpha value is -3.38. The molecule has 0 atom stereocenters. The number of methoxy groups -OCH3 is 1. The zero-order chi connectivity index (χ0) is 18.6. The summed E-state index contributed by atoms with van der Waals surface area (Å²) in [5.41, 5.74) is 4.52. The average molecular weight is 360 g/mol. The van der Waals surface area contributed by atoms with Crippen molar-refractivity contribution in [3.05, 3.63) is 72.4 Å². The highest BCUT2D eigenvalue weighted by molar-refractivity contribution is 5.68. The number of hydrogen-bond acceptors (Lipinski definition) is 5. The fourth-order valence-corrected chi connectivity index (χ4v) is 2.99. The summed E-state index contributed by atoms with van der Waals surface area (Å²) in [6.07, 6.45) is 2.41. The summed E-state index contributed by atoms with van der Waals surface area (Å²) in [7, 11) is 1.65. The molecule has 6 heteroatoms. The van der Waals surface area contributed by atoms with Gasteiger partial charge in [0.05, 0.1) is 19.0 Å². The van der Waals surface area contributed by atoms with Crippen LogP contribution in [0, 0.1) is 0 Å². The van der Waals surface area contributed by atoms with Gasteiger partial charge in [0.1, 0.15) is 5.75 Å². The van der Waals surface area contributed by atoms with Crippen molar-refractivity contribution in [2.45, 2.75) is 6.42 Å². The molecule has 4 aromatic rings. The summed E-state index contributed by atoms with van der Waals surface area (Å²) in [6, 6.07) is 19.6. The molecule has 0 unspecified atom stereocenters. The Balaban J connectivity index is 1.68. The van der Waals surface area contributed by atoms with Crippen LogP contribution in [-0.2, 0) is 6.42 Å². The van der Waals surface area contributed by atoms with Gasteiger partial charge in [-0.05, 0) is 48.4 Å². The summed E-state index contributed by atoms with van der Waals surface area (Å²) < 4.78 is 7.23. The number of imidazole rings is 1. The van der Waals surface area contributed by atoms with Crippen molar-refractivity contribution >= 4 is 17.2 Å². The highest BCUT2D eigenvalue weighted by Gasteiger charge is 2.10. The lowest BCUT2D eigenvalue weighted by molar-refractivity contribution is 0.299. The molecule has 4 rings (SSSR count). The van der Waals surface area contributed by atoms with Crippen molar-refractivity contribution < 1.29 is 9.84 Å². The van der Waals surface area contributed by atoms with Gasteiger partial charge >= 0.3 is 0 Å². The standard InChI is InChI=1S/C21H20N4O2/c1-27-19-5-3-2-4-17(19)18-10-11-20-22-14-21(25(20)24-18)23-16-8-6-15(7-9-16)12-13-26/h2-11,14,23,26H,12-13H2,1H3. The van der Waals surface area contributed by atoms with E-state index in [1.807, 2.05) is 60.7 Å². The summed E-state index contributed by atoms with van der Waals surface area (Å²) >= 11 is 0. The van der Waals surface area contributed by atoms with Gasteiger partial charge in [-0.1, -0.05) is 24.3 Å². The fourth-order valence-electron chi connectivity index (χ4n) is 2.99. The quantitative estimate of drug-likeness (QED) is 0.549. The van der Waals surface area contributed by atoms with Crippen molar-refractivity contribution in [2.24, 2.45) is 0 Å². The van der Waals surface area contributed by atoms with Crippen LogP contribution < -0.4 is 10.1 Å². The number of rotatable bonds is 6. The van der Waals surface area contributed by atoms with Crippen LogP contribution in [0.25, 0.3) is 16.9 Å². The number of anilines is 2. The first-order valence-electron chi connectivity index (χ1n) is 8.73. The zero-order valence-corrected chi connectivity index (χ0v) is 15.0. The van der Waals surface area contributed by atoms with E-state index >= 15 is 0 Å². The second kappa shape index (κ2) is 7.47. The van der Waals surface area contributed by atoms with E-state index in [4.69, 9.17) is 14.9 Å². The molecular weight excluding hydrogens is 340 g/mol. The van der Waals surface area contributed by atoms with Gasteiger partial charge in [0.2, 0.25) is 0 Å².